The van der Waals surface area contributed by atoms with Gasteiger partial charge in [-0.1, -0.05) is 0 Å². The van der Waals surface area contributed by atoms with Crippen molar-refractivity contribution in [3.63, 3.8) is 0 Å². The maximum absolute atomic E-state index is 12.1. The number of carbonyl (C=O) groups is 1. The second-order valence-electron chi connectivity index (χ2n) is 5.09. The first-order chi connectivity index (χ1) is 10.3. The molecule has 2 aromatic rings. The van der Waals surface area contributed by atoms with Gasteiger partial charge in [0, 0.05) is 6.54 Å². The molecule has 1 atom stereocenters. The maximum atomic E-state index is 12.1. The molecule has 0 aromatic carbocycles. The maximum Gasteiger partial charge on any atom is 0.256 e. The third kappa shape index (κ3) is 3.14. The van der Waals surface area contributed by atoms with E-state index in [0.717, 1.165) is 18.8 Å². The average molecular weight is 309 g/mol. The number of furan rings is 2. The van der Waals surface area contributed by atoms with E-state index in [4.69, 9.17) is 20.4 Å². The topological polar surface area (TPSA) is 58.6 Å². The summed E-state index contributed by atoms with van der Waals surface area (Å²) in [6.45, 7) is 2.52. The molecule has 0 aliphatic carbocycles. The third-order valence-corrected chi connectivity index (χ3v) is 4.06. The number of likely N-dealkylation sites (tertiary alicyclic amines) is 1. The van der Waals surface area contributed by atoms with E-state index >= 15 is 0 Å². The van der Waals surface area contributed by atoms with Crippen LogP contribution in [0.4, 0.5) is 0 Å². The van der Waals surface area contributed by atoms with Crippen molar-refractivity contribution < 1.29 is 13.6 Å². The van der Waals surface area contributed by atoms with Crippen LogP contribution in [0, 0.1) is 0 Å². The van der Waals surface area contributed by atoms with E-state index in [1.807, 2.05) is 12.1 Å². The Morgan fingerprint density at radius 3 is 2.71 bits per heavy atom. The molecule has 1 N–H and O–H groups in total. The van der Waals surface area contributed by atoms with Crippen LogP contribution in [-0.2, 0) is 0 Å². The van der Waals surface area contributed by atoms with Crippen molar-refractivity contribution in [2.75, 3.05) is 19.6 Å². The van der Waals surface area contributed by atoms with Gasteiger partial charge in [0.25, 0.3) is 5.91 Å². The Morgan fingerprint density at radius 2 is 2.10 bits per heavy atom. The normalized spacial score (nSPS) is 17.0. The number of rotatable bonds is 5. The van der Waals surface area contributed by atoms with E-state index in [9.17, 15) is 4.79 Å². The minimum Gasteiger partial charge on any atom is -0.468 e. The van der Waals surface area contributed by atoms with Gasteiger partial charge >= 0.3 is 0 Å². The quantitative estimate of drug-likeness (QED) is 0.922. The van der Waals surface area contributed by atoms with Gasteiger partial charge in [-0.15, -0.1) is 0 Å². The lowest BCUT2D eigenvalue weighted by Gasteiger charge is -2.25. The van der Waals surface area contributed by atoms with Gasteiger partial charge in [0.1, 0.15) is 5.76 Å². The highest BCUT2D eigenvalue weighted by Gasteiger charge is 2.26. The first-order valence-electron chi connectivity index (χ1n) is 7.04. The lowest BCUT2D eigenvalue weighted by Crippen LogP contribution is -2.36. The van der Waals surface area contributed by atoms with Crippen molar-refractivity contribution in [1.29, 1.82) is 0 Å². The number of carbonyl (C=O) groups excluding carboxylic acids is 1. The van der Waals surface area contributed by atoms with Crippen LogP contribution in [0.5, 0.6) is 0 Å². The van der Waals surface area contributed by atoms with Crippen LogP contribution < -0.4 is 5.32 Å². The Hall–Kier alpha value is -1.72. The van der Waals surface area contributed by atoms with E-state index in [-0.39, 0.29) is 17.2 Å². The largest absolute Gasteiger partial charge is 0.468 e. The first-order valence-corrected chi connectivity index (χ1v) is 7.42. The smallest absolute Gasteiger partial charge is 0.256 e. The Balaban J connectivity index is 1.67. The highest BCUT2D eigenvalue weighted by molar-refractivity contribution is 6.32. The number of amides is 1. The summed E-state index contributed by atoms with van der Waals surface area (Å²) in [5.41, 5.74) is 0.358. The minimum atomic E-state index is -0.232. The standard InChI is InChI=1S/C15H17ClN2O3/c16-14-11(5-9-21-14)15(19)17-10-12(13-4-3-8-20-13)18-6-1-2-7-18/h3-5,8-9,12H,1-2,6-7,10H2,(H,17,19). The van der Waals surface area contributed by atoms with Crippen LogP contribution in [0.15, 0.2) is 39.6 Å². The van der Waals surface area contributed by atoms with Gasteiger partial charge in [-0.05, 0) is 55.7 Å². The number of hydrogen-bond acceptors (Lipinski definition) is 4. The van der Waals surface area contributed by atoms with Crippen molar-refractivity contribution in [2.45, 2.75) is 18.9 Å². The fraction of sp³-hybridized carbons (Fsp3) is 0.400. The van der Waals surface area contributed by atoms with Crippen LogP contribution in [0.2, 0.25) is 5.22 Å². The fourth-order valence-corrected chi connectivity index (χ4v) is 2.88. The van der Waals surface area contributed by atoms with Crippen molar-refractivity contribution >= 4 is 17.5 Å². The van der Waals surface area contributed by atoms with Gasteiger partial charge < -0.3 is 14.2 Å². The minimum absolute atomic E-state index is 0.0529. The third-order valence-electron chi connectivity index (χ3n) is 3.77. The fourth-order valence-electron chi connectivity index (χ4n) is 2.68. The monoisotopic (exact) mass is 308 g/mol. The Labute approximate surface area is 127 Å². The van der Waals surface area contributed by atoms with E-state index in [2.05, 4.69) is 10.2 Å². The van der Waals surface area contributed by atoms with E-state index in [1.54, 1.807) is 12.3 Å². The van der Waals surface area contributed by atoms with Crippen LogP contribution in [0.3, 0.4) is 0 Å². The molecule has 0 radical (unpaired) electrons. The first kappa shape index (κ1) is 14.2. The molecule has 0 spiro atoms. The van der Waals surface area contributed by atoms with Crippen LogP contribution in [0.1, 0.15) is 35.0 Å². The second kappa shape index (κ2) is 6.37. The summed E-state index contributed by atoms with van der Waals surface area (Å²) in [4.78, 5) is 14.4. The zero-order valence-electron chi connectivity index (χ0n) is 11.5. The molecule has 1 fully saturated rings. The molecular weight excluding hydrogens is 292 g/mol. The van der Waals surface area contributed by atoms with E-state index in [1.165, 1.54) is 19.1 Å². The highest BCUT2D eigenvalue weighted by Crippen LogP contribution is 2.25. The summed E-state index contributed by atoms with van der Waals surface area (Å²) in [6.07, 6.45) is 5.42. The Bertz CT molecular complexity index is 588. The Kier molecular flexibility index (Phi) is 4.31. The summed E-state index contributed by atoms with van der Waals surface area (Å²) in [6, 6.07) is 5.43. The molecule has 3 heterocycles. The molecule has 3 rings (SSSR count). The molecule has 1 aliphatic rings. The molecule has 2 aromatic heterocycles. The summed E-state index contributed by atoms with van der Waals surface area (Å²) in [7, 11) is 0. The summed E-state index contributed by atoms with van der Waals surface area (Å²) in [5.74, 6) is 0.639. The zero-order chi connectivity index (χ0) is 14.7. The second-order valence-corrected chi connectivity index (χ2v) is 5.44. The summed E-state index contributed by atoms with van der Waals surface area (Å²) in [5, 5.41) is 3.02. The van der Waals surface area contributed by atoms with Crippen molar-refractivity contribution in [1.82, 2.24) is 10.2 Å². The van der Waals surface area contributed by atoms with Crippen molar-refractivity contribution in [2.24, 2.45) is 0 Å². The molecule has 5 nitrogen and oxygen atoms in total. The molecule has 0 bridgehead atoms. The molecule has 1 saturated heterocycles. The molecule has 1 amide bonds. The van der Waals surface area contributed by atoms with E-state index in [0.29, 0.717) is 12.1 Å². The average Bonchev–Trinajstić information content (AvgIpc) is 3.21. The van der Waals surface area contributed by atoms with Crippen molar-refractivity contribution in [3.8, 4) is 0 Å². The summed E-state index contributed by atoms with van der Waals surface area (Å²) < 4.78 is 10.5. The summed E-state index contributed by atoms with van der Waals surface area (Å²) >= 11 is 5.82. The molecule has 21 heavy (non-hydrogen) atoms. The molecular formula is C15H17ClN2O3. The van der Waals surface area contributed by atoms with E-state index < -0.39 is 0 Å². The van der Waals surface area contributed by atoms with Crippen LogP contribution >= 0.6 is 11.6 Å². The molecule has 0 saturated carbocycles. The molecule has 6 heteroatoms. The zero-order valence-corrected chi connectivity index (χ0v) is 12.3. The predicted octanol–water partition coefficient (Wildman–Crippen LogP) is 3.09. The van der Waals surface area contributed by atoms with Gasteiger partial charge in [-0.2, -0.15) is 0 Å². The number of nitrogens with one attached hydrogen (secondary N) is 1. The van der Waals surface area contributed by atoms with Crippen molar-refractivity contribution in [3.05, 3.63) is 47.3 Å². The SMILES string of the molecule is O=C(NCC(c1ccco1)N1CCCC1)c1ccoc1Cl. The number of halogens is 1. The predicted molar refractivity (Wildman–Crippen MR) is 78.3 cm³/mol. The number of nitrogens with zero attached hydrogens (tertiary/aromatic N) is 1. The van der Waals surface area contributed by atoms with Gasteiger partial charge in [0.05, 0.1) is 24.1 Å². The molecule has 1 unspecified atom stereocenters. The van der Waals surface area contributed by atoms with Gasteiger partial charge in [-0.3, -0.25) is 9.69 Å². The molecule has 1 aliphatic heterocycles. The van der Waals surface area contributed by atoms with Crippen LogP contribution in [0.25, 0.3) is 0 Å². The molecule has 112 valence electrons. The van der Waals surface area contributed by atoms with Gasteiger partial charge in [0.2, 0.25) is 5.22 Å². The number of hydrogen-bond donors (Lipinski definition) is 1. The van der Waals surface area contributed by atoms with Gasteiger partial charge in [0.15, 0.2) is 0 Å². The van der Waals surface area contributed by atoms with Gasteiger partial charge in [-0.25, -0.2) is 0 Å². The highest BCUT2D eigenvalue weighted by atomic mass is 35.5. The lowest BCUT2D eigenvalue weighted by atomic mass is 10.2. The van der Waals surface area contributed by atoms with Crippen LogP contribution in [-0.4, -0.2) is 30.4 Å². The Morgan fingerprint density at radius 1 is 1.29 bits per heavy atom. The lowest BCUT2D eigenvalue weighted by molar-refractivity contribution is 0.0933.